The lowest BCUT2D eigenvalue weighted by Crippen LogP contribution is -2.05. The largest absolute Gasteiger partial charge is 0.422 e. The number of aryl methyl sites for hydroxylation is 1. The van der Waals surface area contributed by atoms with E-state index in [-0.39, 0.29) is 5.63 Å². The quantitative estimate of drug-likeness (QED) is 0.551. The van der Waals surface area contributed by atoms with Crippen molar-refractivity contribution >= 4 is 16.7 Å². The molecule has 72 valence electrons. The highest BCUT2D eigenvalue weighted by Gasteiger charge is 2.02. The molecular formula is C11H11NO2. The van der Waals surface area contributed by atoms with Crippen LogP contribution in [0, 0.1) is 0 Å². The summed E-state index contributed by atoms with van der Waals surface area (Å²) in [4.78, 5) is 11.4. The topological polar surface area (TPSA) is 56.2 Å². The van der Waals surface area contributed by atoms with Gasteiger partial charge in [-0.05, 0) is 24.6 Å². The number of hydrogen-bond donors (Lipinski definition) is 1. The van der Waals surface area contributed by atoms with Crippen LogP contribution in [0.25, 0.3) is 11.0 Å². The van der Waals surface area contributed by atoms with E-state index in [1.807, 2.05) is 19.1 Å². The van der Waals surface area contributed by atoms with Gasteiger partial charge in [-0.3, -0.25) is 0 Å². The zero-order chi connectivity index (χ0) is 10.1. The summed E-state index contributed by atoms with van der Waals surface area (Å²) >= 11 is 0. The van der Waals surface area contributed by atoms with Crippen molar-refractivity contribution in [1.82, 2.24) is 0 Å². The molecule has 0 saturated carbocycles. The van der Waals surface area contributed by atoms with Gasteiger partial charge in [-0.2, -0.15) is 0 Å². The Morgan fingerprint density at radius 3 is 2.86 bits per heavy atom. The third kappa shape index (κ3) is 1.37. The van der Waals surface area contributed by atoms with E-state index in [9.17, 15) is 4.79 Å². The van der Waals surface area contributed by atoms with Crippen molar-refractivity contribution < 1.29 is 4.42 Å². The highest BCUT2D eigenvalue weighted by molar-refractivity contribution is 5.80. The van der Waals surface area contributed by atoms with Crippen LogP contribution in [0.5, 0.6) is 0 Å². The number of fused-ring (bicyclic) bond motifs is 1. The maximum absolute atomic E-state index is 11.4. The molecule has 0 spiro atoms. The predicted octanol–water partition coefficient (Wildman–Crippen LogP) is 1.94. The van der Waals surface area contributed by atoms with Crippen LogP contribution >= 0.6 is 0 Å². The molecule has 3 heteroatoms. The third-order valence-electron chi connectivity index (χ3n) is 2.21. The fourth-order valence-electron chi connectivity index (χ4n) is 1.42. The Hall–Kier alpha value is -1.77. The fraction of sp³-hybridized carbons (Fsp3) is 0.182. The van der Waals surface area contributed by atoms with Crippen molar-refractivity contribution in [3.8, 4) is 0 Å². The van der Waals surface area contributed by atoms with Gasteiger partial charge in [0, 0.05) is 22.7 Å². The molecule has 1 aromatic heterocycles. The molecule has 3 nitrogen and oxygen atoms in total. The average molecular weight is 189 g/mol. The molecule has 0 fully saturated rings. The standard InChI is InChI=1S/C11H11NO2/c1-2-7-5-8-3-4-9(12)6-10(8)14-11(7)13/h3-6H,2,12H2,1H3. The molecule has 2 N–H and O–H groups in total. The monoisotopic (exact) mass is 189 g/mol. The van der Waals surface area contributed by atoms with E-state index in [0.717, 1.165) is 5.39 Å². The number of rotatable bonds is 1. The summed E-state index contributed by atoms with van der Waals surface area (Å²) in [5.74, 6) is 0. The van der Waals surface area contributed by atoms with Gasteiger partial charge in [-0.1, -0.05) is 6.92 Å². The van der Waals surface area contributed by atoms with Crippen LogP contribution in [0.3, 0.4) is 0 Å². The molecule has 1 heterocycles. The van der Waals surface area contributed by atoms with Gasteiger partial charge in [0.1, 0.15) is 5.58 Å². The van der Waals surface area contributed by atoms with Crippen molar-refractivity contribution in [1.29, 1.82) is 0 Å². The van der Waals surface area contributed by atoms with Gasteiger partial charge in [0.25, 0.3) is 0 Å². The number of nitrogens with two attached hydrogens (primary N) is 1. The molecule has 0 aliphatic rings. The SMILES string of the molecule is CCc1cc2ccc(N)cc2oc1=O. The number of nitrogen functional groups attached to an aromatic ring is 1. The molecule has 0 amide bonds. The number of benzene rings is 1. The Morgan fingerprint density at radius 1 is 1.36 bits per heavy atom. The first kappa shape index (κ1) is 8.81. The summed E-state index contributed by atoms with van der Waals surface area (Å²) in [6.45, 7) is 1.93. The van der Waals surface area contributed by atoms with Crippen molar-refractivity contribution in [3.05, 3.63) is 40.2 Å². The molecule has 0 radical (unpaired) electrons. The zero-order valence-electron chi connectivity index (χ0n) is 7.91. The highest BCUT2D eigenvalue weighted by Crippen LogP contribution is 2.16. The van der Waals surface area contributed by atoms with E-state index < -0.39 is 0 Å². The Labute approximate surface area is 81.1 Å². The Bertz CT molecular complexity index is 528. The molecule has 0 atom stereocenters. The van der Waals surface area contributed by atoms with Crippen LogP contribution in [0.15, 0.2) is 33.5 Å². The second kappa shape index (κ2) is 3.18. The Balaban J connectivity index is 2.79. The summed E-state index contributed by atoms with van der Waals surface area (Å²) in [7, 11) is 0. The lowest BCUT2D eigenvalue weighted by atomic mass is 10.1. The minimum atomic E-state index is -0.273. The van der Waals surface area contributed by atoms with E-state index in [1.165, 1.54) is 0 Å². The first-order valence-corrected chi connectivity index (χ1v) is 4.53. The van der Waals surface area contributed by atoms with Crippen LogP contribution < -0.4 is 11.4 Å². The highest BCUT2D eigenvalue weighted by atomic mass is 16.4. The minimum Gasteiger partial charge on any atom is -0.422 e. The lowest BCUT2D eigenvalue weighted by Gasteiger charge is -2.00. The maximum Gasteiger partial charge on any atom is 0.339 e. The summed E-state index contributed by atoms with van der Waals surface area (Å²) in [5.41, 5.74) is 7.16. The van der Waals surface area contributed by atoms with Crippen molar-refractivity contribution in [3.63, 3.8) is 0 Å². The summed E-state index contributed by atoms with van der Waals surface area (Å²) in [6.07, 6.45) is 0.683. The van der Waals surface area contributed by atoms with Crippen LogP contribution in [-0.2, 0) is 6.42 Å². The normalized spacial score (nSPS) is 10.6. The summed E-state index contributed by atoms with van der Waals surface area (Å²) in [5, 5.41) is 0.913. The van der Waals surface area contributed by atoms with Gasteiger partial charge in [0.15, 0.2) is 0 Å². The third-order valence-corrected chi connectivity index (χ3v) is 2.21. The predicted molar refractivity (Wildman–Crippen MR) is 56.3 cm³/mol. The molecule has 2 aromatic rings. The van der Waals surface area contributed by atoms with Gasteiger partial charge in [-0.25, -0.2) is 4.79 Å². The molecule has 2 rings (SSSR count). The van der Waals surface area contributed by atoms with Gasteiger partial charge in [-0.15, -0.1) is 0 Å². The van der Waals surface area contributed by atoms with Crippen molar-refractivity contribution in [2.75, 3.05) is 5.73 Å². The summed E-state index contributed by atoms with van der Waals surface area (Å²) in [6, 6.07) is 7.16. The summed E-state index contributed by atoms with van der Waals surface area (Å²) < 4.78 is 5.13. The van der Waals surface area contributed by atoms with E-state index in [0.29, 0.717) is 23.3 Å². The van der Waals surface area contributed by atoms with Crippen LogP contribution in [0.1, 0.15) is 12.5 Å². The van der Waals surface area contributed by atoms with Crippen molar-refractivity contribution in [2.24, 2.45) is 0 Å². The van der Waals surface area contributed by atoms with Crippen molar-refractivity contribution in [2.45, 2.75) is 13.3 Å². The second-order valence-corrected chi connectivity index (χ2v) is 3.21. The average Bonchev–Trinajstić information content (AvgIpc) is 2.16. The lowest BCUT2D eigenvalue weighted by molar-refractivity contribution is 0.551. The maximum atomic E-state index is 11.4. The molecule has 1 aromatic carbocycles. The zero-order valence-corrected chi connectivity index (χ0v) is 7.91. The van der Waals surface area contributed by atoms with Gasteiger partial charge in [0.2, 0.25) is 0 Å². The van der Waals surface area contributed by atoms with E-state index in [1.54, 1.807) is 12.1 Å². The number of hydrogen-bond acceptors (Lipinski definition) is 3. The molecule has 14 heavy (non-hydrogen) atoms. The molecule has 0 saturated heterocycles. The number of anilines is 1. The smallest absolute Gasteiger partial charge is 0.339 e. The molecule has 0 unspecified atom stereocenters. The van der Waals surface area contributed by atoms with Crippen LogP contribution in [0.4, 0.5) is 5.69 Å². The molecule has 0 bridgehead atoms. The molecule has 0 aliphatic heterocycles. The van der Waals surface area contributed by atoms with Gasteiger partial charge < -0.3 is 10.2 Å². The molecular weight excluding hydrogens is 178 g/mol. The van der Waals surface area contributed by atoms with Gasteiger partial charge in [0.05, 0.1) is 0 Å². The van der Waals surface area contributed by atoms with E-state index in [4.69, 9.17) is 10.2 Å². The van der Waals surface area contributed by atoms with Gasteiger partial charge >= 0.3 is 5.63 Å². The Morgan fingerprint density at radius 2 is 2.14 bits per heavy atom. The minimum absolute atomic E-state index is 0.273. The van der Waals surface area contributed by atoms with E-state index in [2.05, 4.69) is 0 Å². The Kier molecular flexibility index (Phi) is 2.00. The van der Waals surface area contributed by atoms with Crippen LogP contribution in [0.2, 0.25) is 0 Å². The first-order chi connectivity index (χ1) is 6.70. The second-order valence-electron chi connectivity index (χ2n) is 3.21. The first-order valence-electron chi connectivity index (χ1n) is 4.53. The van der Waals surface area contributed by atoms with E-state index >= 15 is 0 Å². The van der Waals surface area contributed by atoms with Crippen LogP contribution in [-0.4, -0.2) is 0 Å². The molecule has 0 aliphatic carbocycles. The fourth-order valence-corrected chi connectivity index (χ4v) is 1.42.